The Bertz CT molecular complexity index is 1210. The molecule has 1 aliphatic rings. The third-order valence-electron chi connectivity index (χ3n) is 5.52. The van der Waals surface area contributed by atoms with Crippen LogP contribution in [0.25, 0.3) is 0 Å². The van der Waals surface area contributed by atoms with Gasteiger partial charge in [-0.15, -0.1) is 0 Å². The summed E-state index contributed by atoms with van der Waals surface area (Å²) in [5.74, 6) is -6.82. The average Bonchev–Trinajstić information content (AvgIpc) is 3.09. The summed E-state index contributed by atoms with van der Waals surface area (Å²) in [6.07, 6.45) is -6.01. The van der Waals surface area contributed by atoms with Crippen LogP contribution in [0.2, 0.25) is 0 Å². The van der Waals surface area contributed by atoms with E-state index in [9.17, 15) is 32.8 Å². The first-order valence-electron chi connectivity index (χ1n) is 13.6. The van der Waals surface area contributed by atoms with E-state index in [4.69, 9.17) is 33.7 Å². The molecule has 19 heteroatoms. The second kappa shape index (κ2) is 14.7. The number of hydrogen-bond donors (Lipinski definition) is 4. The first kappa shape index (κ1) is 37.6. The van der Waals surface area contributed by atoms with Crippen molar-refractivity contribution in [3.05, 3.63) is 22.7 Å². The van der Waals surface area contributed by atoms with E-state index in [1.165, 1.54) is 13.8 Å². The topological polar surface area (TPSA) is 212 Å². The molecule has 1 aromatic rings. The molecule has 5 N–H and O–H groups in total. The quantitative estimate of drug-likeness (QED) is 0.166. The minimum absolute atomic E-state index is 0.171. The van der Waals surface area contributed by atoms with Crippen LogP contribution in [0, 0.1) is 10.8 Å². The average molecular weight is 658 g/mol. The second-order valence-electron chi connectivity index (χ2n) is 12.6. The first-order valence-corrected chi connectivity index (χ1v) is 15.0. The summed E-state index contributed by atoms with van der Waals surface area (Å²) in [5, 5.41) is 10.3. The molecule has 0 spiro atoms. The zero-order chi connectivity index (χ0) is 33.7. The van der Waals surface area contributed by atoms with E-state index in [2.05, 4.69) is 15.9 Å². The van der Waals surface area contributed by atoms with Crippen molar-refractivity contribution in [2.24, 2.45) is 10.8 Å². The van der Waals surface area contributed by atoms with Crippen molar-refractivity contribution < 1.29 is 56.0 Å². The van der Waals surface area contributed by atoms with Gasteiger partial charge >= 0.3 is 31.4 Å². The lowest BCUT2D eigenvalue weighted by molar-refractivity contribution is -0.149. The number of ether oxygens (including phenoxy) is 1. The molecule has 1 aromatic heterocycles. The van der Waals surface area contributed by atoms with Gasteiger partial charge < -0.3 is 34.3 Å². The van der Waals surface area contributed by atoms with Gasteiger partial charge in [0.15, 0.2) is 6.10 Å². The molecule has 0 bridgehead atoms. The summed E-state index contributed by atoms with van der Waals surface area (Å²) in [7, 11) is -5.22. The van der Waals surface area contributed by atoms with Gasteiger partial charge in [0.25, 0.3) is 0 Å². The van der Waals surface area contributed by atoms with Gasteiger partial charge in [-0.25, -0.2) is 18.9 Å². The van der Waals surface area contributed by atoms with Crippen molar-refractivity contribution in [3.8, 4) is 0 Å². The molecule has 0 radical (unpaired) electrons. The number of phosphoric ester groups is 1. The number of anilines is 1. The van der Waals surface area contributed by atoms with Gasteiger partial charge in [-0.05, 0) is 30.7 Å². The number of nitrogen functional groups attached to an aromatic ring is 1. The van der Waals surface area contributed by atoms with Crippen molar-refractivity contribution in [1.82, 2.24) is 20.5 Å². The number of hydroxylamine groups is 2. The molecule has 0 aliphatic carbocycles. The molecule has 1 aliphatic heterocycles. The molecule has 2 heterocycles. The highest BCUT2D eigenvalue weighted by Crippen LogP contribution is 2.52. The van der Waals surface area contributed by atoms with Crippen molar-refractivity contribution in [1.29, 1.82) is 0 Å². The Morgan fingerprint density at radius 3 is 2.00 bits per heavy atom. The first-order chi connectivity index (χ1) is 20.0. The summed E-state index contributed by atoms with van der Waals surface area (Å²) in [6.45, 7) is 13.0. The molecular formula is C25H42F2N5O11P. The number of aliphatic hydroxyl groups is 1. The molecule has 1 saturated heterocycles. The van der Waals surface area contributed by atoms with Gasteiger partial charge in [0.1, 0.15) is 24.0 Å². The van der Waals surface area contributed by atoms with Crippen molar-refractivity contribution in [2.45, 2.75) is 91.8 Å². The number of alkyl halides is 2. The summed E-state index contributed by atoms with van der Waals surface area (Å²) in [5.41, 5.74) is 8.43. The van der Waals surface area contributed by atoms with E-state index in [1.807, 2.05) is 41.5 Å². The van der Waals surface area contributed by atoms with Crippen LogP contribution < -0.4 is 22.4 Å². The van der Waals surface area contributed by atoms with Crippen LogP contribution in [0.1, 0.15) is 61.6 Å². The molecule has 0 saturated carbocycles. The lowest BCUT2D eigenvalue weighted by atomic mass is 9.99. The van der Waals surface area contributed by atoms with Crippen LogP contribution in [0.4, 0.5) is 14.6 Å². The van der Waals surface area contributed by atoms with Crippen molar-refractivity contribution in [2.75, 3.05) is 25.6 Å². The number of nitrogens with zero attached hydrogens (tertiary/aromatic N) is 2. The molecule has 1 fully saturated rings. The molecule has 0 amide bonds. The number of nitrogens with one attached hydrogen (secondary N) is 2. The van der Waals surface area contributed by atoms with E-state index in [-0.39, 0.29) is 29.9 Å². The number of aromatic nitrogens is 2. The number of carbonyl (C=O) groups is 2. The second-order valence-corrected chi connectivity index (χ2v) is 14.1. The maximum absolute atomic E-state index is 14.9. The molecule has 0 unspecified atom stereocenters. The maximum Gasteiger partial charge on any atom is 0.592 e. The van der Waals surface area contributed by atoms with Gasteiger partial charge in [-0.3, -0.25) is 9.09 Å². The summed E-state index contributed by atoms with van der Waals surface area (Å²) in [6, 6.07) is -1.46. The summed E-state index contributed by atoms with van der Waals surface area (Å²) >= 11 is 0. The van der Waals surface area contributed by atoms with Crippen LogP contribution in [-0.2, 0) is 42.1 Å². The highest BCUT2D eigenvalue weighted by Gasteiger charge is 2.60. The largest absolute Gasteiger partial charge is 0.592 e. The number of halogens is 2. The van der Waals surface area contributed by atoms with Gasteiger partial charge in [0, 0.05) is 6.20 Å². The van der Waals surface area contributed by atoms with Gasteiger partial charge in [0.2, 0.25) is 6.23 Å². The predicted octanol–water partition coefficient (Wildman–Crippen LogP) is 1.84. The van der Waals surface area contributed by atoms with Crippen LogP contribution >= 0.6 is 7.82 Å². The molecule has 44 heavy (non-hydrogen) atoms. The Hall–Kier alpha value is -2.57. The highest BCUT2D eigenvalue weighted by atomic mass is 31.2. The Morgan fingerprint density at radius 2 is 1.57 bits per heavy atom. The third-order valence-corrected chi connectivity index (χ3v) is 6.79. The molecule has 252 valence electrons. The Labute approximate surface area is 253 Å². The van der Waals surface area contributed by atoms with Crippen molar-refractivity contribution >= 4 is 25.6 Å². The van der Waals surface area contributed by atoms with Crippen LogP contribution in [0.3, 0.4) is 0 Å². The minimum atomic E-state index is -5.22. The fourth-order valence-corrected chi connectivity index (χ4v) is 4.42. The van der Waals surface area contributed by atoms with Crippen LogP contribution in [0.5, 0.6) is 0 Å². The fraction of sp³-hybridized carbons (Fsp3) is 0.760. The number of nitrogens with two attached hydrogens (primary N) is 1. The maximum atomic E-state index is 14.9. The molecule has 16 nitrogen and oxygen atoms in total. The molecular weight excluding hydrogens is 615 g/mol. The number of rotatable bonds is 14. The van der Waals surface area contributed by atoms with E-state index in [1.54, 1.807) is 0 Å². The van der Waals surface area contributed by atoms with Gasteiger partial charge in [-0.1, -0.05) is 41.5 Å². The fourth-order valence-electron chi connectivity index (χ4n) is 3.19. The van der Waals surface area contributed by atoms with Crippen LogP contribution in [0.15, 0.2) is 17.1 Å². The standard InChI is InChI=1S/C25H42F2N5O11P/c1-14(30-38-12-23(3,4)5)19(34)42-44(37,43-20(35)15(2)31-39-13-24(6,7)8)40-11-16-18(33)25(26,27)21(41-16)32-10-9-17(28)29-22(32)36/h9-10,14-16,18,21,30-31,33H,11-13H2,1-8H3,(H2,28,29,36)/t14-,15-,16+,18+,21+/m0/s1. The van der Waals surface area contributed by atoms with E-state index >= 15 is 0 Å². The smallest absolute Gasteiger partial charge is 0.384 e. The van der Waals surface area contributed by atoms with E-state index in [0.717, 1.165) is 12.3 Å². The number of phosphoric acid groups is 1. The zero-order valence-electron chi connectivity index (χ0n) is 25.9. The van der Waals surface area contributed by atoms with E-state index < -0.39 is 68.5 Å². The number of hydrogen-bond acceptors (Lipinski definition) is 15. The van der Waals surface area contributed by atoms with Crippen molar-refractivity contribution in [3.63, 3.8) is 0 Å². The summed E-state index contributed by atoms with van der Waals surface area (Å²) in [4.78, 5) is 51.4. The summed E-state index contributed by atoms with van der Waals surface area (Å²) < 4.78 is 63.8. The lowest BCUT2D eigenvalue weighted by Gasteiger charge is -2.24. The Kier molecular flexibility index (Phi) is 12.6. The van der Waals surface area contributed by atoms with Crippen LogP contribution in [-0.4, -0.2) is 76.6 Å². The normalized spacial score (nSPS) is 21.9. The molecule has 0 aromatic carbocycles. The third kappa shape index (κ3) is 11.1. The SMILES string of the molecule is C[C@H](NOCC(C)(C)C)C(=O)OP(=O)(OC[C@H]1O[C@@H](n2ccc(N)nc2=O)C(F)(F)[C@@H]1O)OC(=O)[C@H](C)NOCC(C)(C)C. The Balaban J connectivity index is 2.20. The van der Waals surface area contributed by atoms with Gasteiger partial charge in [-0.2, -0.15) is 24.7 Å². The minimum Gasteiger partial charge on any atom is -0.384 e. The van der Waals surface area contributed by atoms with E-state index in [0.29, 0.717) is 4.57 Å². The molecule has 2 rings (SSSR count). The monoisotopic (exact) mass is 657 g/mol. The predicted molar refractivity (Wildman–Crippen MR) is 150 cm³/mol. The lowest BCUT2D eigenvalue weighted by Crippen LogP contribution is -2.42. The number of carbonyl (C=O) groups excluding carboxylic acids is 2. The highest BCUT2D eigenvalue weighted by molar-refractivity contribution is 7.49. The Morgan fingerprint density at radius 1 is 1.09 bits per heavy atom. The zero-order valence-corrected chi connectivity index (χ0v) is 26.8. The number of aliphatic hydroxyl groups excluding tert-OH is 1. The molecule has 5 atom stereocenters. The van der Waals surface area contributed by atoms with Gasteiger partial charge in [0.05, 0.1) is 19.8 Å².